The third kappa shape index (κ3) is 5.81. The molecule has 150 valence electrons. The van der Waals surface area contributed by atoms with Crippen molar-refractivity contribution in [3.63, 3.8) is 0 Å². The molecule has 5 heteroatoms. The highest BCUT2D eigenvalue weighted by Gasteiger charge is 2.21. The van der Waals surface area contributed by atoms with E-state index in [1.807, 2.05) is 18.2 Å². The number of amides is 2. The molecule has 5 nitrogen and oxygen atoms in total. The Morgan fingerprint density at radius 2 is 1.57 bits per heavy atom. The number of hydrogen-bond acceptors (Lipinski definition) is 3. The first kappa shape index (κ1) is 20.4. The molecule has 1 aliphatic rings. The van der Waals surface area contributed by atoms with E-state index in [0.717, 1.165) is 50.4 Å². The molecular formula is C23H31N3O2. The fourth-order valence-corrected chi connectivity index (χ4v) is 3.54. The third-order valence-electron chi connectivity index (χ3n) is 5.25. The van der Waals surface area contributed by atoms with Crippen LogP contribution in [-0.4, -0.2) is 43.8 Å². The molecular weight excluding hydrogens is 350 g/mol. The van der Waals surface area contributed by atoms with Crippen LogP contribution in [0.3, 0.4) is 0 Å². The Hall–Kier alpha value is -2.37. The normalized spacial score (nSPS) is 16.9. The highest BCUT2D eigenvalue weighted by atomic mass is 16.5. The molecule has 2 amide bonds. The lowest BCUT2D eigenvalue weighted by molar-refractivity contribution is 0.0339. The van der Waals surface area contributed by atoms with Gasteiger partial charge in [-0.1, -0.05) is 67.1 Å². The van der Waals surface area contributed by atoms with E-state index < -0.39 is 0 Å². The van der Waals surface area contributed by atoms with Gasteiger partial charge in [-0.15, -0.1) is 0 Å². The summed E-state index contributed by atoms with van der Waals surface area (Å²) in [4.78, 5) is 15.2. The van der Waals surface area contributed by atoms with Gasteiger partial charge < -0.3 is 15.4 Å². The number of carbonyl (C=O) groups is 1. The van der Waals surface area contributed by atoms with Gasteiger partial charge in [-0.05, 0) is 24.5 Å². The first-order valence-electron chi connectivity index (χ1n) is 10.1. The molecule has 0 bridgehead atoms. The van der Waals surface area contributed by atoms with Gasteiger partial charge in [0.2, 0.25) is 0 Å². The summed E-state index contributed by atoms with van der Waals surface area (Å²) in [7, 11) is 0. The fraction of sp³-hybridized carbons (Fsp3) is 0.435. The second-order valence-electron chi connectivity index (χ2n) is 7.37. The van der Waals surface area contributed by atoms with Crippen molar-refractivity contribution in [1.29, 1.82) is 0 Å². The van der Waals surface area contributed by atoms with E-state index in [2.05, 4.69) is 65.8 Å². The quantitative estimate of drug-likeness (QED) is 0.767. The zero-order chi connectivity index (χ0) is 19.8. The molecule has 28 heavy (non-hydrogen) atoms. The van der Waals surface area contributed by atoms with Crippen LogP contribution in [0.2, 0.25) is 0 Å². The van der Waals surface area contributed by atoms with Gasteiger partial charge in [0.05, 0.1) is 25.3 Å². The summed E-state index contributed by atoms with van der Waals surface area (Å²) in [5, 5.41) is 6.34. The zero-order valence-corrected chi connectivity index (χ0v) is 16.9. The van der Waals surface area contributed by atoms with Gasteiger partial charge in [0, 0.05) is 19.6 Å². The van der Waals surface area contributed by atoms with Crippen molar-refractivity contribution in [2.75, 3.05) is 32.8 Å². The van der Waals surface area contributed by atoms with Crippen LogP contribution in [0.4, 0.5) is 4.79 Å². The number of urea groups is 1. The Morgan fingerprint density at radius 1 is 0.964 bits per heavy atom. The molecule has 1 heterocycles. The SMILES string of the molecule is CCC(NC(=O)NC(CN1CCOCC1)c1ccccc1)c1ccc(C)cc1. The second kappa shape index (κ2) is 10.2. The minimum absolute atomic E-state index is 0.000380. The summed E-state index contributed by atoms with van der Waals surface area (Å²) in [5.41, 5.74) is 3.47. The molecule has 0 aliphatic carbocycles. The largest absolute Gasteiger partial charge is 0.379 e. The summed E-state index contributed by atoms with van der Waals surface area (Å²) in [6, 6.07) is 18.3. The van der Waals surface area contributed by atoms with E-state index in [1.54, 1.807) is 0 Å². The number of nitrogens with one attached hydrogen (secondary N) is 2. The molecule has 2 aromatic carbocycles. The number of nitrogens with zero attached hydrogens (tertiary/aromatic N) is 1. The van der Waals surface area contributed by atoms with Gasteiger partial charge in [-0.3, -0.25) is 4.90 Å². The maximum Gasteiger partial charge on any atom is 0.315 e. The first-order valence-corrected chi connectivity index (χ1v) is 10.1. The lowest BCUT2D eigenvalue weighted by atomic mass is 10.0. The highest BCUT2D eigenvalue weighted by molar-refractivity contribution is 5.75. The van der Waals surface area contributed by atoms with Gasteiger partial charge in [-0.2, -0.15) is 0 Å². The Morgan fingerprint density at radius 3 is 2.21 bits per heavy atom. The van der Waals surface area contributed by atoms with Gasteiger partial charge in [-0.25, -0.2) is 4.79 Å². The monoisotopic (exact) mass is 381 g/mol. The van der Waals surface area contributed by atoms with Crippen molar-refractivity contribution in [2.24, 2.45) is 0 Å². The topological polar surface area (TPSA) is 53.6 Å². The van der Waals surface area contributed by atoms with Crippen LogP contribution in [0.25, 0.3) is 0 Å². The van der Waals surface area contributed by atoms with Crippen molar-refractivity contribution in [3.05, 3.63) is 71.3 Å². The van der Waals surface area contributed by atoms with Gasteiger partial charge in [0.25, 0.3) is 0 Å². The zero-order valence-electron chi connectivity index (χ0n) is 16.9. The van der Waals surface area contributed by atoms with Crippen molar-refractivity contribution >= 4 is 6.03 Å². The number of aryl methyl sites for hydroxylation is 1. The fourth-order valence-electron chi connectivity index (χ4n) is 3.54. The average Bonchev–Trinajstić information content (AvgIpc) is 2.74. The third-order valence-corrected chi connectivity index (χ3v) is 5.25. The van der Waals surface area contributed by atoms with Crippen LogP contribution < -0.4 is 10.6 Å². The van der Waals surface area contributed by atoms with Crippen LogP contribution in [0.15, 0.2) is 54.6 Å². The van der Waals surface area contributed by atoms with Crippen LogP contribution in [0.5, 0.6) is 0 Å². The van der Waals surface area contributed by atoms with Crippen LogP contribution in [-0.2, 0) is 4.74 Å². The number of carbonyl (C=O) groups excluding carboxylic acids is 1. The highest BCUT2D eigenvalue weighted by Crippen LogP contribution is 2.19. The Kier molecular flexibility index (Phi) is 7.46. The second-order valence-corrected chi connectivity index (χ2v) is 7.37. The van der Waals surface area contributed by atoms with E-state index in [9.17, 15) is 4.79 Å². The predicted molar refractivity (Wildman–Crippen MR) is 112 cm³/mol. The summed E-state index contributed by atoms with van der Waals surface area (Å²) in [6.45, 7) is 8.23. The molecule has 2 unspecified atom stereocenters. The number of hydrogen-bond donors (Lipinski definition) is 2. The Bertz CT molecular complexity index is 727. The van der Waals surface area contributed by atoms with E-state index in [-0.39, 0.29) is 18.1 Å². The predicted octanol–water partition coefficient (Wildman–Crippen LogP) is 3.82. The van der Waals surface area contributed by atoms with Gasteiger partial charge in [0.1, 0.15) is 0 Å². The average molecular weight is 382 g/mol. The van der Waals surface area contributed by atoms with E-state index in [0.29, 0.717) is 0 Å². The van der Waals surface area contributed by atoms with Crippen molar-refractivity contribution in [1.82, 2.24) is 15.5 Å². The molecule has 1 aliphatic heterocycles. The van der Waals surface area contributed by atoms with E-state index in [1.165, 1.54) is 5.56 Å². The molecule has 1 saturated heterocycles. The van der Waals surface area contributed by atoms with Crippen LogP contribution in [0.1, 0.15) is 42.1 Å². The number of rotatable bonds is 7. The first-order chi connectivity index (χ1) is 13.7. The Balaban J connectivity index is 1.66. The number of morpholine rings is 1. The number of benzene rings is 2. The lowest BCUT2D eigenvalue weighted by Gasteiger charge is -2.31. The van der Waals surface area contributed by atoms with Gasteiger partial charge >= 0.3 is 6.03 Å². The number of ether oxygens (including phenoxy) is 1. The van der Waals surface area contributed by atoms with Gasteiger partial charge in [0.15, 0.2) is 0 Å². The molecule has 2 aromatic rings. The van der Waals surface area contributed by atoms with Crippen molar-refractivity contribution in [2.45, 2.75) is 32.4 Å². The van der Waals surface area contributed by atoms with E-state index >= 15 is 0 Å². The molecule has 2 N–H and O–H groups in total. The smallest absolute Gasteiger partial charge is 0.315 e. The molecule has 1 fully saturated rings. The maximum atomic E-state index is 12.8. The van der Waals surface area contributed by atoms with Crippen molar-refractivity contribution < 1.29 is 9.53 Å². The Labute approximate surface area is 168 Å². The molecule has 0 radical (unpaired) electrons. The minimum atomic E-state index is -0.130. The molecule has 0 saturated carbocycles. The van der Waals surface area contributed by atoms with Crippen LogP contribution >= 0.6 is 0 Å². The summed E-state index contributed by atoms with van der Waals surface area (Å²) < 4.78 is 5.45. The summed E-state index contributed by atoms with van der Waals surface area (Å²) >= 11 is 0. The molecule has 3 rings (SSSR count). The molecule has 0 aromatic heterocycles. The standard InChI is InChI=1S/C23H31N3O2/c1-3-21(20-11-9-18(2)10-12-20)24-23(27)25-22(19-7-5-4-6-8-19)17-26-13-15-28-16-14-26/h4-12,21-22H,3,13-17H2,1-2H3,(H2,24,25,27). The summed E-state index contributed by atoms with van der Waals surface area (Å²) in [5.74, 6) is 0. The summed E-state index contributed by atoms with van der Waals surface area (Å²) in [6.07, 6.45) is 0.843. The van der Waals surface area contributed by atoms with Crippen molar-refractivity contribution in [3.8, 4) is 0 Å². The minimum Gasteiger partial charge on any atom is -0.379 e. The molecule has 2 atom stereocenters. The lowest BCUT2D eigenvalue weighted by Crippen LogP contribution is -2.46. The molecule has 0 spiro atoms. The maximum absolute atomic E-state index is 12.8. The van der Waals surface area contributed by atoms with E-state index in [4.69, 9.17) is 4.74 Å². The van der Waals surface area contributed by atoms with Crippen LogP contribution in [0, 0.1) is 6.92 Å².